The maximum Gasteiger partial charge on any atom is 0.135 e. The van der Waals surface area contributed by atoms with Gasteiger partial charge in [0.25, 0.3) is 0 Å². The van der Waals surface area contributed by atoms with E-state index in [-0.39, 0.29) is 0 Å². The van der Waals surface area contributed by atoms with Crippen molar-refractivity contribution in [2.24, 2.45) is 0 Å². The van der Waals surface area contributed by atoms with Crippen molar-refractivity contribution in [3.8, 4) is 11.1 Å². The summed E-state index contributed by atoms with van der Waals surface area (Å²) in [4.78, 5) is 0. The van der Waals surface area contributed by atoms with E-state index < -0.39 is 0 Å². The average Bonchev–Trinajstić information content (AvgIpc) is 2.66. The van der Waals surface area contributed by atoms with Crippen LogP contribution in [0.15, 0.2) is 46.9 Å². The van der Waals surface area contributed by atoms with Crippen molar-refractivity contribution >= 4 is 11.0 Å². The van der Waals surface area contributed by atoms with Crippen LogP contribution in [0.5, 0.6) is 0 Å². The van der Waals surface area contributed by atoms with Gasteiger partial charge in [-0.25, -0.2) is 0 Å². The summed E-state index contributed by atoms with van der Waals surface area (Å²) in [5, 5.41) is 1.21. The molecule has 0 atom stereocenters. The smallest absolute Gasteiger partial charge is 0.135 e. The lowest BCUT2D eigenvalue weighted by atomic mass is 9.99. The zero-order valence-corrected chi connectivity index (χ0v) is 10.9. The lowest BCUT2D eigenvalue weighted by Gasteiger charge is -2.02. The van der Waals surface area contributed by atoms with Gasteiger partial charge >= 0.3 is 0 Å². The van der Waals surface area contributed by atoms with Crippen molar-refractivity contribution in [2.75, 3.05) is 0 Å². The maximum absolute atomic E-state index is 5.89. The minimum Gasteiger partial charge on any atom is -0.461 e. The fraction of sp³-hybridized carbons (Fsp3) is 0.176. The first kappa shape index (κ1) is 11.1. The summed E-state index contributed by atoms with van der Waals surface area (Å²) in [6.07, 6.45) is 0. The van der Waals surface area contributed by atoms with Gasteiger partial charge in [-0.3, -0.25) is 0 Å². The van der Waals surface area contributed by atoms with E-state index in [4.69, 9.17) is 4.42 Å². The summed E-state index contributed by atoms with van der Waals surface area (Å²) in [6.45, 7) is 6.30. The molecule has 2 aromatic carbocycles. The third kappa shape index (κ3) is 1.63. The second-order valence-corrected chi connectivity index (χ2v) is 4.83. The molecule has 0 aliphatic rings. The summed E-state index contributed by atoms with van der Waals surface area (Å²) in [5.74, 6) is 0.987. The van der Waals surface area contributed by atoms with Crippen LogP contribution in [0.3, 0.4) is 0 Å². The van der Waals surface area contributed by atoms with E-state index in [0.29, 0.717) is 0 Å². The third-order valence-electron chi connectivity index (χ3n) is 3.54. The molecule has 0 aliphatic carbocycles. The van der Waals surface area contributed by atoms with Crippen molar-refractivity contribution in [1.29, 1.82) is 0 Å². The summed E-state index contributed by atoms with van der Waals surface area (Å²) < 4.78 is 5.89. The molecule has 0 bridgehead atoms. The highest BCUT2D eigenvalue weighted by Crippen LogP contribution is 2.35. The SMILES string of the molecule is Cc1cc2oc(C)c(-c3ccccc3)c2cc1C. The molecule has 1 aromatic heterocycles. The molecule has 0 radical (unpaired) electrons. The highest BCUT2D eigenvalue weighted by Gasteiger charge is 2.13. The fourth-order valence-corrected chi connectivity index (χ4v) is 2.44. The Morgan fingerprint density at radius 1 is 0.833 bits per heavy atom. The second-order valence-electron chi connectivity index (χ2n) is 4.83. The molecule has 18 heavy (non-hydrogen) atoms. The summed E-state index contributed by atoms with van der Waals surface area (Å²) in [5.41, 5.74) is 6.00. The topological polar surface area (TPSA) is 13.1 Å². The molecule has 1 heteroatoms. The van der Waals surface area contributed by atoms with Gasteiger partial charge in [0.2, 0.25) is 0 Å². The zero-order chi connectivity index (χ0) is 12.7. The molecule has 0 saturated carbocycles. The van der Waals surface area contributed by atoms with Crippen molar-refractivity contribution in [2.45, 2.75) is 20.8 Å². The summed E-state index contributed by atoms with van der Waals surface area (Å²) >= 11 is 0. The molecule has 0 unspecified atom stereocenters. The van der Waals surface area contributed by atoms with Gasteiger partial charge in [-0.05, 0) is 49.6 Å². The molecule has 0 N–H and O–H groups in total. The van der Waals surface area contributed by atoms with Crippen molar-refractivity contribution in [1.82, 2.24) is 0 Å². The minimum atomic E-state index is 0.981. The Labute approximate surface area is 107 Å². The second kappa shape index (κ2) is 4.02. The fourth-order valence-electron chi connectivity index (χ4n) is 2.44. The summed E-state index contributed by atoms with van der Waals surface area (Å²) in [7, 11) is 0. The predicted molar refractivity (Wildman–Crippen MR) is 75.9 cm³/mol. The van der Waals surface area contributed by atoms with Crippen LogP contribution in [0, 0.1) is 20.8 Å². The van der Waals surface area contributed by atoms with Gasteiger partial charge < -0.3 is 4.42 Å². The van der Waals surface area contributed by atoms with Crippen molar-refractivity contribution < 1.29 is 4.42 Å². The Hall–Kier alpha value is -2.02. The Kier molecular flexibility index (Phi) is 2.48. The van der Waals surface area contributed by atoms with Crippen LogP contribution >= 0.6 is 0 Å². The molecule has 90 valence electrons. The first-order valence-electron chi connectivity index (χ1n) is 6.22. The van der Waals surface area contributed by atoms with Gasteiger partial charge in [0.15, 0.2) is 0 Å². The lowest BCUT2D eigenvalue weighted by Crippen LogP contribution is -1.81. The van der Waals surface area contributed by atoms with Crippen LogP contribution in [0.25, 0.3) is 22.1 Å². The number of furan rings is 1. The standard InChI is InChI=1S/C17H16O/c1-11-9-15-16(10-12(11)2)18-13(3)17(15)14-7-5-4-6-8-14/h4-10H,1-3H3. The molecule has 1 nitrogen and oxygen atoms in total. The van der Waals surface area contributed by atoms with Crippen LogP contribution in [-0.2, 0) is 0 Å². The molecular formula is C17H16O. The number of benzene rings is 2. The van der Waals surface area contributed by atoms with Crippen LogP contribution in [0.2, 0.25) is 0 Å². The Bertz CT molecular complexity index is 705. The van der Waals surface area contributed by atoms with Crippen LogP contribution < -0.4 is 0 Å². The van der Waals surface area contributed by atoms with Crippen LogP contribution in [-0.4, -0.2) is 0 Å². The molecular weight excluding hydrogens is 220 g/mol. The van der Waals surface area contributed by atoms with E-state index in [1.807, 2.05) is 13.0 Å². The molecule has 0 fully saturated rings. The number of hydrogen-bond donors (Lipinski definition) is 0. The largest absolute Gasteiger partial charge is 0.461 e. The van der Waals surface area contributed by atoms with Gasteiger partial charge in [0.1, 0.15) is 11.3 Å². The van der Waals surface area contributed by atoms with Gasteiger partial charge in [0, 0.05) is 10.9 Å². The summed E-state index contributed by atoms with van der Waals surface area (Å²) in [6, 6.07) is 14.8. The number of rotatable bonds is 1. The third-order valence-corrected chi connectivity index (χ3v) is 3.54. The first-order chi connectivity index (χ1) is 8.66. The highest BCUT2D eigenvalue weighted by molar-refractivity contribution is 5.96. The predicted octanol–water partition coefficient (Wildman–Crippen LogP) is 5.03. The van der Waals surface area contributed by atoms with Gasteiger partial charge in [-0.2, -0.15) is 0 Å². The lowest BCUT2D eigenvalue weighted by molar-refractivity contribution is 0.579. The monoisotopic (exact) mass is 236 g/mol. The van der Waals surface area contributed by atoms with Crippen LogP contribution in [0.4, 0.5) is 0 Å². The van der Waals surface area contributed by atoms with Crippen molar-refractivity contribution in [3.05, 3.63) is 59.4 Å². The van der Waals surface area contributed by atoms with E-state index in [1.165, 1.54) is 27.6 Å². The van der Waals surface area contributed by atoms with Gasteiger partial charge in [-0.15, -0.1) is 0 Å². The normalized spacial score (nSPS) is 11.1. The number of aryl methyl sites for hydroxylation is 3. The maximum atomic E-state index is 5.89. The average molecular weight is 236 g/mol. The number of fused-ring (bicyclic) bond motifs is 1. The molecule has 3 aromatic rings. The van der Waals surface area contributed by atoms with E-state index in [9.17, 15) is 0 Å². The Morgan fingerprint density at radius 3 is 2.22 bits per heavy atom. The Morgan fingerprint density at radius 2 is 1.50 bits per heavy atom. The van der Waals surface area contributed by atoms with Crippen LogP contribution in [0.1, 0.15) is 16.9 Å². The molecule has 1 heterocycles. The van der Waals surface area contributed by atoms with Crippen molar-refractivity contribution in [3.63, 3.8) is 0 Å². The van der Waals surface area contributed by atoms with Gasteiger partial charge in [0.05, 0.1) is 0 Å². The molecule has 3 rings (SSSR count). The quantitative estimate of drug-likeness (QED) is 0.578. The molecule has 0 aliphatic heterocycles. The molecule has 0 amide bonds. The van der Waals surface area contributed by atoms with E-state index in [2.05, 4.69) is 50.2 Å². The minimum absolute atomic E-state index is 0.981. The highest BCUT2D eigenvalue weighted by atomic mass is 16.3. The van der Waals surface area contributed by atoms with Gasteiger partial charge in [-0.1, -0.05) is 30.3 Å². The van der Waals surface area contributed by atoms with E-state index in [1.54, 1.807) is 0 Å². The zero-order valence-electron chi connectivity index (χ0n) is 10.9. The molecule has 0 spiro atoms. The Balaban J connectivity index is 2.36. The first-order valence-corrected chi connectivity index (χ1v) is 6.22. The van der Waals surface area contributed by atoms with E-state index in [0.717, 1.165) is 11.3 Å². The molecule has 0 saturated heterocycles. The number of hydrogen-bond acceptors (Lipinski definition) is 1. The van der Waals surface area contributed by atoms with E-state index >= 15 is 0 Å².